The van der Waals surface area contributed by atoms with E-state index in [0.717, 1.165) is 10.7 Å². The molecule has 2 aromatic rings. The fourth-order valence-corrected chi connectivity index (χ4v) is 2.19. The summed E-state index contributed by atoms with van der Waals surface area (Å²) in [5.74, 6) is -0.278. The van der Waals surface area contributed by atoms with Gasteiger partial charge in [0.2, 0.25) is 0 Å². The fourth-order valence-electron chi connectivity index (χ4n) is 1.40. The van der Waals surface area contributed by atoms with Gasteiger partial charge in [-0.1, -0.05) is 11.3 Å². The Kier molecular flexibility index (Phi) is 2.25. The van der Waals surface area contributed by atoms with Gasteiger partial charge >= 0.3 is 10.9 Å². The highest BCUT2D eigenvalue weighted by Crippen LogP contribution is 2.10. The molecule has 74 valence electrons. The van der Waals surface area contributed by atoms with Gasteiger partial charge < -0.3 is 4.74 Å². The number of rotatable bonds is 2. The van der Waals surface area contributed by atoms with Crippen molar-refractivity contribution < 1.29 is 13.9 Å². The van der Waals surface area contributed by atoms with Crippen LogP contribution in [0.2, 0.25) is 0 Å². The molecule has 0 aliphatic carbocycles. The Bertz CT molecular complexity index is 472. The van der Waals surface area contributed by atoms with Crippen LogP contribution in [0.4, 0.5) is 0 Å². The Labute approximate surface area is 85.1 Å². The van der Waals surface area contributed by atoms with Gasteiger partial charge in [0.1, 0.15) is 6.20 Å². The minimum atomic E-state index is -0.278. The molecule has 0 atom stereocenters. The van der Waals surface area contributed by atoms with E-state index in [2.05, 4.69) is 4.98 Å². The van der Waals surface area contributed by atoms with Crippen molar-refractivity contribution in [3.63, 3.8) is 0 Å². The van der Waals surface area contributed by atoms with E-state index >= 15 is 0 Å². The van der Waals surface area contributed by atoms with E-state index in [9.17, 15) is 4.79 Å². The lowest BCUT2D eigenvalue weighted by atomic mass is 10.3. The van der Waals surface area contributed by atoms with E-state index in [1.807, 2.05) is 22.9 Å². The molecule has 0 unspecified atom stereocenters. The average Bonchev–Trinajstić information content (AvgIpc) is 2.63. The number of hydrogen-bond donors (Lipinski definition) is 1. The third-order valence-electron chi connectivity index (χ3n) is 1.97. The zero-order valence-electron chi connectivity index (χ0n) is 8.03. The molecular weight excluding hydrogens is 200 g/mol. The smallest absolute Gasteiger partial charge is 0.383 e. The van der Waals surface area contributed by atoms with Crippen molar-refractivity contribution in [3.05, 3.63) is 23.0 Å². The molecule has 2 aromatic heterocycles. The molecular formula is C9H11N2O2S+. The minimum Gasteiger partial charge on any atom is -0.460 e. The molecule has 0 aliphatic rings. The van der Waals surface area contributed by atoms with Crippen LogP contribution in [0.5, 0.6) is 0 Å². The number of fused-ring (bicyclic) bond motifs is 1. The van der Waals surface area contributed by atoms with Crippen LogP contribution < -0.4 is 4.40 Å². The first-order valence-electron chi connectivity index (χ1n) is 4.38. The van der Waals surface area contributed by atoms with Crippen molar-refractivity contribution >= 4 is 22.3 Å². The number of imidazole rings is 1. The zero-order valence-corrected chi connectivity index (χ0v) is 8.85. The lowest BCUT2D eigenvalue weighted by Gasteiger charge is -1.96. The van der Waals surface area contributed by atoms with Gasteiger partial charge in [0, 0.05) is 12.3 Å². The lowest BCUT2D eigenvalue weighted by molar-refractivity contribution is -0.509. The van der Waals surface area contributed by atoms with Crippen LogP contribution in [-0.4, -0.2) is 17.6 Å². The number of aromatic nitrogens is 2. The number of aryl methyl sites for hydroxylation is 1. The van der Waals surface area contributed by atoms with Crippen LogP contribution in [-0.2, 0) is 4.74 Å². The minimum absolute atomic E-state index is 0.278. The summed E-state index contributed by atoms with van der Waals surface area (Å²) in [5, 5.41) is 1.92. The molecule has 14 heavy (non-hydrogen) atoms. The Morgan fingerprint density at radius 2 is 2.50 bits per heavy atom. The van der Waals surface area contributed by atoms with Gasteiger partial charge in [0.05, 0.1) is 6.61 Å². The summed E-state index contributed by atoms with van der Waals surface area (Å²) >= 11 is 1.56. The monoisotopic (exact) mass is 211 g/mol. The molecule has 0 aliphatic heterocycles. The molecule has 0 saturated carbocycles. The maximum absolute atomic E-state index is 11.6. The molecule has 0 amide bonds. The molecule has 4 nitrogen and oxygen atoms in total. The summed E-state index contributed by atoms with van der Waals surface area (Å²) in [5.41, 5.74) is 1.43. The number of nitrogens with zero attached hydrogens (tertiary/aromatic N) is 1. The third-order valence-corrected chi connectivity index (χ3v) is 2.75. The van der Waals surface area contributed by atoms with Gasteiger partial charge in [-0.25, -0.2) is 9.78 Å². The zero-order chi connectivity index (χ0) is 10.1. The Balaban J connectivity index is 2.53. The van der Waals surface area contributed by atoms with Crippen LogP contribution in [0.1, 0.15) is 23.1 Å². The number of H-pyrrole nitrogens is 1. The summed E-state index contributed by atoms with van der Waals surface area (Å²) in [6, 6.07) is 0. The molecule has 0 radical (unpaired) electrons. The Morgan fingerprint density at radius 3 is 3.21 bits per heavy atom. The molecule has 0 spiro atoms. The van der Waals surface area contributed by atoms with Crippen molar-refractivity contribution in [1.29, 1.82) is 0 Å². The molecule has 0 saturated heterocycles. The number of aromatic amines is 1. The van der Waals surface area contributed by atoms with E-state index in [4.69, 9.17) is 4.74 Å². The highest BCUT2D eigenvalue weighted by molar-refractivity contribution is 7.14. The van der Waals surface area contributed by atoms with Crippen molar-refractivity contribution in [2.75, 3.05) is 6.61 Å². The predicted molar refractivity (Wildman–Crippen MR) is 52.5 cm³/mol. The number of carbonyl (C=O) groups is 1. The third kappa shape index (κ3) is 1.29. The van der Waals surface area contributed by atoms with Crippen molar-refractivity contribution in [2.45, 2.75) is 13.8 Å². The second-order valence-corrected chi connectivity index (χ2v) is 3.79. The fraction of sp³-hybridized carbons (Fsp3) is 0.333. The highest BCUT2D eigenvalue weighted by atomic mass is 32.1. The van der Waals surface area contributed by atoms with Crippen LogP contribution >= 0.6 is 11.3 Å². The standard InChI is InChI=1S/C9H10N2O2S/c1-3-13-8(12)7-6(2)10-9-11(7)4-5-14-9/h4-5H,3H2,1-2H3/p+1. The first-order valence-corrected chi connectivity index (χ1v) is 5.26. The summed E-state index contributed by atoms with van der Waals surface area (Å²) in [6.45, 7) is 4.07. The van der Waals surface area contributed by atoms with Gasteiger partial charge in [0.25, 0.3) is 5.69 Å². The van der Waals surface area contributed by atoms with Gasteiger partial charge in [-0.15, -0.1) is 0 Å². The number of carbonyl (C=O) groups excluding carboxylic acids is 1. The number of thiazole rings is 1. The van der Waals surface area contributed by atoms with E-state index in [1.165, 1.54) is 0 Å². The molecule has 0 aromatic carbocycles. The van der Waals surface area contributed by atoms with E-state index < -0.39 is 0 Å². The van der Waals surface area contributed by atoms with Crippen molar-refractivity contribution in [2.24, 2.45) is 0 Å². The molecule has 2 rings (SSSR count). The van der Waals surface area contributed by atoms with Crippen LogP contribution in [0.15, 0.2) is 11.6 Å². The highest BCUT2D eigenvalue weighted by Gasteiger charge is 2.24. The lowest BCUT2D eigenvalue weighted by Crippen LogP contribution is -2.26. The van der Waals surface area contributed by atoms with E-state index in [1.54, 1.807) is 18.3 Å². The van der Waals surface area contributed by atoms with E-state index in [-0.39, 0.29) is 5.97 Å². The molecule has 5 heteroatoms. The predicted octanol–water partition coefficient (Wildman–Crippen LogP) is 1.30. The molecule has 0 bridgehead atoms. The quantitative estimate of drug-likeness (QED) is 0.601. The van der Waals surface area contributed by atoms with Crippen LogP contribution in [0, 0.1) is 6.92 Å². The maximum Gasteiger partial charge on any atom is 0.383 e. The summed E-state index contributed by atoms with van der Waals surface area (Å²) in [4.78, 5) is 15.7. The Morgan fingerprint density at radius 1 is 1.71 bits per heavy atom. The van der Waals surface area contributed by atoms with Crippen LogP contribution in [0.25, 0.3) is 4.96 Å². The number of ether oxygens (including phenoxy) is 1. The normalized spacial score (nSPS) is 10.7. The summed E-state index contributed by atoms with van der Waals surface area (Å²) < 4.78 is 6.79. The molecule has 2 heterocycles. The number of esters is 1. The average molecular weight is 211 g/mol. The summed E-state index contributed by atoms with van der Waals surface area (Å²) in [6.07, 6.45) is 1.86. The second-order valence-electron chi connectivity index (χ2n) is 2.90. The van der Waals surface area contributed by atoms with Crippen molar-refractivity contribution in [3.8, 4) is 0 Å². The van der Waals surface area contributed by atoms with Gasteiger partial charge in [-0.05, 0) is 6.92 Å². The van der Waals surface area contributed by atoms with Gasteiger partial charge in [-0.2, -0.15) is 4.40 Å². The van der Waals surface area contributed by atoms with Gasteiger partial charge in [-0.3, -0.25) is 0 Å². The SMILES string of the molecule is CCOC(=O)c1c(C)[nH]c2scc[n+]12. The first kappa shape index (κ1) is 9.21. The summed E-state index contributed by atoms with van der Waals surface area (Å²) in [7, 11) is 0. The maximum atomic E-state index is 11.6. The first-order chi connectivity index (χ1) is 6.74. The Hall–Kier alpha value is -1.36. The molecule has 0 fully saturated rings. The second kappa shape index (κ2) is 3.42. The van der Waals surface area contributed by atoms with Crippen molar-refractivity contribution in [1.82, 2.24) is 4.98 Å². The molecule has 1 N–H and O–H groups in total. The van der Waals surface area contributed by atoms with Gasteiger partial charge in [0.15, 0.2) is 5.69 Å². The van der Waals surface area contributed by atoms with Crippen LogP contribution in [0.3, 0.4) is 0 Å². The topological polar surface area (TPSA) is 46.2 Å². The number of hydrogen-bond acceptors (Lipinski definition) is 3. The van der Waals surface area contributed by atoms with E-state index in [0.29, 0.717) is 12.3 Å². The largest absolute Gasteiger partial charge is 0.460 e. The number of nitrogens with one attached hydrogen (secondary N) is 1.